The molecule has 0 aromatic heterocycles. The van der Waals surface area contributed by atoms with Crippen LogP contribution in [0.1, 0.15) is 30.0 Å². The van der Waals surface area contributed by atoms with Crippen LogP contribution < -0.4 is 20.3 Å². The van der Waals surface area contributed by atoms with Gasteiger partial charge in [-0.25, -0.2) is 17.9 Å². The highest BCUT2D eigenvalue weighted by molar-refractivity contribution is 7.90. The van der Waals surface area contributed by atoms with Gasteiger partial charge in [0.2, 0.25) is 0 Å². The molecule has 196 valence electrons. The number of urea groups is 1. The van der Waals surface area contributed by atoms with E-state index < -0.39 is 27.8 Å². The Morgan fingerprint density at radius 3 is 2.32 bits per heavy atom. The van der Waals surface area contributed by atoms with Crippen molar-refractivity contribution in [3.8, 4) is 0 Å². The molecule has 2 amide bonds. The van der Waals surface area contributed by atoms with Gasteiger partial charge in [0.1, 0.15) is 6.17 Å². The Morgan fingerprint density at radius 1 is 1.03 bits per heavy atom. The first-order chi connectivity index (χ1) is 17.5. The van der Waals surface area contributed by atoms with Crippen molar-refractivity contribution < 1.29 is 26.4 Å². The third-order valence-electron chi connectivity index (χ3n) is 6.08. The second kappa shape index (κ2) is 10.3. The fourth-order valence-electron chi connectivity index (χ4n) is 4.12. The Labute approximate surface area is 213 Å². The van der Waals surface area contributed by atoms with Crippen molar-refractivity contribution in [1.82, 2.24) is 10.0 Å². The van der Waals surface area contributed by atoms with Crippen molar-refractivity contribution in [2.24, 2.45) is 0 Å². The fourth-order valence-corrected chi connectivity index (χ4v) is 5.05. The number of aryl methyl sites for hydroxylation is 1. The molecule has 3 aromatic rings. The van der Waals surface area contributed by atoms with Crippen molar-refractivity contribution in [2.75, 3.05) is 16.8 Å². The van der Waals surface area contributed by atoms with Gasteiger partial charge in [-0.2, -0.15) is 13.2 Å². The molecule has 37 heavy (non-hydrogen) atoms. The maximum Gasteiger partial charge on any atom is 0.416 e. The van der Waals surface area contributed by atoms with Crippen LogP contribution in [0, 0.1) is 6.92 Å². The van der Waals surface area contributed by atoms with E-state index in [9.17, 15) is 26.4 Å². The number of carbonyl (C=O) groups is 1. The zero-order valence-electron chi connectivity index (χ0n) is 20.3. The van der Waals surface area contributed by atoms with Gasteiger partial charge >= 0.3 is 12.2 Å². The van der Waals surface area contributed by atoms with Crippen LogP contribution in [0.15, 0.2) is 71.6 Å². The van der Waals surface area contributed by atoms with E-state index in [-0.39, 0.29) is 17.6 Å². The lowest BCUT2D eigenvalue weighted by Crippen LogP contribution is -2.40. The van der Waals surface area contributed by atoms with Gasteiger partial charge in [-0.3, -0.25) is 0 Å². The molecule has 1 heterocycles. The van der Waals surface area contributed by atoms with Crippen LogP contribution in [0.2, 0.25) is 0 Å². The second-order valence-corrected chi connectivity index (χ2v) is 10.4. The first kappa shape index (κ1) is 26.3. The van der Waals surface area contributed by atoms with Crippen LogP contribution in [0.25, 0.3) is 0 Å². The Bertz CT molecular complexity index is 1380. The molecule has 0 spiro atoms. The summed E-state index contributed by atoms with van der Waals surface area (Å²) < 4.78 is 66.5. The SMILES string of the molecule is CCC1Nc2ccc(C(F)(F)F)cc2N1c1ccc(CCNC(=O)NS(=O)(=O)c2ccc(C)cc2)cc1. The van der Waals surface area contributed by atoms with Crippen molar-refractivity contribution >= 4 is 33.1 Å². The van der Waals surface area contributed by atoms with Gasteiger partial charge in [-0.1, -0.05) is 36.8 Å². The van der Waals surface area contributed by atoms with Gasteiger partial charge in [0.15, 0.2) is 0 Å². The molecule has 11 heteroatoms. The van der Waals surface area contributed by atoms with E-state index in [1.807, 2.05) is 47.7 Å². The quantitative estimate of drug-likeness (QED) is 0.372. The van der Waals surface area contributed by atoms with Crippen LogP contribution in [0.5, 0.6) is 0 Å². The van der Waals surface area contributed by atoms with E-state index in [1.54, 1.807) is 12.1 Å². The Morgan fingerprint density at radius 2 is 1.70 bits per heavy atom. The van der Waals surface area contributed by atoms with Crippen LogP contribution in [-0.4, -0.2) is 27.2 Å². The number of nitrogens with zero attached hydrogens (tertiary/aromatic N) is 1. The van der Waals surface area contributed by atoms with E-state index in [2.05, 4.69) is 10.6 Å². The van der Waals surface area contributed by atoms with Crippen LogP contribution >= 0.6 is 0 Å². The van der Waals surface area contributed by atoms with E-state index in [0.29, 0.717) is 24.2 Å². The Kier molecular flexibility index (Phi) is 7.35. The summed E-state index contributed by atoms with van der Waals surface area (Å²) in [6, 6.07) is 16.3. The van der Waals surface area contributed by atoms with E-state index >= 15 is 0 Å². The number of fused-ring (bicyclic) bond motifs is 1. The third kappa shape index (κ3) is 5.99. The summed E-state index contributed by atoms with van der Waals surface area (Å²) in [5.41, 5.74) is 2.89. The van der Waals surface area contributed by atoms with Gasteiger partial charge in [0.05, 0.1) is 21.8 Å². The number of halogens is 3. The lowest BCUT2D eigenvalue weighted by atomic mass is 10.1. The largest absolute Gasteiger partial charge is 0.416 e. The first-order valence-corrected chi connectivity index (χ1v) is 13.2. The number of anilines is 3. The Balaban J connectivity index is 1.38. The third-order valence-corrected chi connectivity index (χ3v) is 7.42. The molecule has 1 atom stereocenters. The maximum atomic E-state index is 13.3. The average molecular weight is 533 g/mol. The second-order valence-electron chi connectivity index (χ2n) is 8.76. The predicted octanol–water partition coefficient (Wildman–Crippen LogP) is 5.54. The molecule has 0 saturated heterocycles. The number of hydrogen-bond donors (Lipinski definition) is 3. The molecule has 0 fully saturated rings. The number of sulfonamides is 1. The first-order valence-electron chi connectivity index (χ1n) is 11.7. The molecular weight excluding hydrogens is 505 g/mol. The topological polar surface area (TPSA) is 90.5 Å². The van der Waals surface area contributed by atoms with Gasteiger partial charge < -0.3 is 15.5 Å². The van der Waals surface area contributed by atoms with Crippen LogP contribution in [0.4, 0.5) is 35.0 Å². The van der Waals surface area contributed by atoms with E-state index in [0.717, 1.165) is 28.9 Å². The van der Waals surface area contributed by atoms with Crippen molar-refractivity contribution in [2.45, 2.75) is 43.9 Å². The molecule has 1 aliphatic heterocycles. The molecule has 3 N–H and O–H groups in total. The van der Waals surface area contributed by atoms with Crippen molar-refractivity contribution in [3.63, 3.8) is 0 Å². The number of alkyl halides is 3. The zero-order valence-corrected chi connectivity index (χ0v) is 21.1. The molecule has 0 aliphatic carbocycles. The highest BCUT2D eigenvalue weighted by Crippen LogP contribution is 2.44. The number of hydrogen-bond acceptors (Lipinski definition) is 5. The summed E-state index contributed by atoms with van der Waals surface area (Å²) in [6.07, 6.45) is -3.52. The van der Waals surface area contributed by atoms with Crippen LogP contribution in [-0.2, 0) is 22.6 Å². The molecule has 4 rings (SSSR count). The van der Waals surface area contributed by atoms with Gasteiger partial charge in [0, 0.05) is 12.2 Å². The minimum Gasteiger partial charge on any atom is -0.363 e. The standard InChI is InChI=1S/C26H27F3N4O3S/c1-3-24-31-22-13-8-19(26(27,28)29)16-23(22)33(24)20-9-6-18(7-10-20)14-15-30-25(34)32-37(35,36)21-11-4-17(2)5-12-21/h4-13,16,24,31H,3,14-15H2,1-2H3,(H2,30,32,34). The molecule has 1 unspecified atom stereocenters. The van der Waals surface area contributed by atoms with Crippen LogP contribution in [0.3, 0.4) is 0 Å². The smallest absolute Gasteiger partial charge is 0.363 e. The zero-order chi connectivity index (χ0) is 26.8. The lowest BCUT2D eigenvalue weighted by molar-refractivity contribution is -0.137. The summed E-state index contributed by atoms with van der Waals surface area (Å²) >= 11 is 0. The number of amides is 2. The summed E-state index contributed by atoms with van der Waals surface area (Å²) in [6.45, 7) is 3.97. The number of nitrogens with one attached hydrogen (secondary N) is 3. The summed E-state index contributed by atoms with van der Waals surface area (Å²) in [5, 5.41) is 5.79. The van der Waals surface area contributed by atoms with Crippen molar-refractivity contribution in [1.29, 1.82) is 0 Å². The monoisotopic (exact) mass is 532 g/mol. The molecular formula is C26H27F3N4O3S. The number of rotatable bonds is 7. The van der Waals surface area contributed by atoms with Gasteiger partial charge in [0.25, 0.3) is 10.0 Å². The van der Waals surface area contributed by atoms with Crippen molar-refractivity contribution in [3.05, 3.63) is 83.4 Å². The minimum atomic E-state index is -4.44. The summed E-state index contributed by atoms with van der Waals surface area (Å²) in [4.78, 5) is 13.9. The van der Waals surface area contributed by atoms with Gasteiger partial charge in [-0.05, 0) is 67.8 Å². The highest BCUT2D eigenvalue weighted by atomic mass is 32.2. The summed E-state index contributed by atoms with van der Waals surface area (Å²) in [5.74, 6) is 0. The molecule has 3 aromatic carbocycles. The predicted molar refractivity (Wildman–Crippen MR) is 136 cm³/mol. The lowest BCUT2D eigenvalue weighted by Gasteiger charge is -2.26. The number of carbonyl (C=O) groups excluding carboxylic acids is 1. The molecule has 7 nitrogen and oxygen atoms in total. The minimum absolute atomic E-state index is 0.00504. The molecule has 0 bridgehead atoms. The highest BCUT2D eigenvalue weighted by Gasteiger charge is 2.35. The normalized spacial score (nSPS) is 15.2. The molecule has 0 radical (unpaired) electrons. The average Bonchev–Trinajstić information content (AvgIpc) is 3.22. The maximum absolute atomic E-state index is 13.3. The van der Waals surface area contributed by atoms with Gasteiger partial charge in [-0.15, -0.1) is 0 Å². The fraction of sp³-hybridized carbons (Fsp3) is 0.269. The Hall–Kier alpha value is -3.73. The van der Waals surface area contributed by atoms with E-state index in [4.69, 9.17) is 0 Å². The summed E-state index contributed by atoms with van der Waals surface area (Å²) in [7, 11) is -3.97. The molecule has 0 saturated carbocycles. The molecule has 1 aliphatic rings. The number of benzene rings is 3. The van der Waals surface area contributed by atoms with E-state index in [1.165, 1.54) is 18.2 Å².